The van der Waals surface area contributed by atoms with Crippen molar-refractivity contribution < 1.29 is 0 Å². The highest BCUT2D eigenvalue weighted by Gasteiger charge is 2.15. The summed E-state index contributed by atoms with van der Waals surface area (Å²) in [6, 6.07) is 0. The number of hydrogen-bond acceptors (Lipinski definition) is 0. The Labute approximate surface area is 169 Å². The van der Waals surface area contributed by atoms with Crippen LogP contribution in [0.25, 0.3) is 0 Å². The van der Waals surface area contributed by atoms with Crippen LogP contribution in [0.1, 0.15) is 143 Å². The average Bonchev–Trinajstić information content (AvgIpc) is 2.65. The molecular formula is C25H53P. The number of rotatable bonds is 21. The van der Waals surface area contributed by atoms with E-state index in [0.29, 0.717) is 7.92 Å². The number of unbranched alkanes of at least 4 members (excludes halogenated alkanes) is 14. The van der Waals surface area contributed by atoms with Crippen molar-refractivity contribution in [3.63, 3.8) is 0 Å². The van der Waals surface area contributed by atoms with Gasteiger partial charge in [0.25, 0.3) is 0 Å². The Balaban J connectivity index is 4.00. The van der Waals surface area contributed by atoms with Crippen LogP contribution < -0.4 is 0 Å². The van der Waals surface area contributed by atoms with Crippen LogP contribution in [0.15, 0.2) is 0 Å². The molecule has 0 aromatic heterocycles. The molecule has 0 saturated carbocycles. The van der Waals surface area contributed by atoms with E-state index in [9.17, 15) is 0 Å². The lowest BCUT2D eigenvalue weighted by Crippen LogP contribution is -2.06. The molecular weight excluding hydrogens is 331 g/mol. The summed E-state index contributed by atoms with van der Waals surface area (Å²) in [7, 11) is 0.305. The van der Waals surface area contributed by atoms with E-state index < -0.39 is 0 Å². The molecule has 26 heavy (non-hydrogen) atoms. The Morgan fingerprint density at radius 2 is 0.808 bits per heavy atom. The Kier molecular flexibility index (Phi) is 22.1. The van der Waals surface area contributed by atoms with E-state index in [0.717, 1.165) is 5.66 Å². The molecule has 0 fully saturated rings. The molecule has 0 radical (unpaired) electrons. The lowest BCUT2D eigenvalue weighted by atomic mass is 10.1. The molecule has 0 aliphatic rings. The molecule has 0 aliphatic carbocycles. The predicted octanol–water partition coefficient (Wildman–Crippen LogP) is 9.94. The van der Waals surface area contributed by atoms with Crippen LogP contribution in [0, 0.1) is 0 Å². The zero-order chi connectivity index (χ0) is 19.3. The van der Waals surface area contributed by atoms with Gasteiger partial charge in [0.15, 0.2) is 0 Å². The second kappa shape index (κ2) is 21.7. The van der Waals surface area contributed by atoms with Crippen LogP contribution in [-0.2, 0) is 0 Å². The predicted molar refractivity (Wildman–Crippen MR) is 126 cm³/mol. The standard InChI is InChI=1S/C25H53P/c1-5-8-11-14-17-20-23-26(24-21-18-15-12-9-6-2)25(4)22-19-16-13-10-7-3/h25H,5-24H2,1-4H3. The molecule has 0 aromatic carbocycles. The minimum absolute atomic E-state index is 0.305. The van der Waals surface area contributed by atoms with Crippen molar-refractivity contribution in [1.82, 2.24) is 0 Å². The van der Waals surface area contributed by atoms with E-state index in [1.165, 1.54) is 116 Å². The first kappa shape index (κ1) is 26.4. The van der Waals surface area contributed by atoms with E-state index in [-0.39, 0.29) is 0 Å². The van der Waals surface area contributed by atoms with Crippen molar-refractivity contribution in [1.29, 1.82) is 0 Å². The van der Waals surface area contributed by atoms with Gasteiger partial charge in [-0.25, -0.2) is 0 Å². The van der Waals surface area contributed by atoms with Gasteiger partial charge in [0.2, 0.25) is 0 Å². The second-order valence-corrected chi connectivity index (χ2v) is 11.6. The Morgan fingerprint density at radius 3 is 1.23 bits per heavy atom. The summed E-state index contributed by atoms with van der Waals surface area (Å²) in [5, 5.41) is 0. The smallest absolute Gasteiger partial charge is 0.0238 e. The van der Waals surface area contributed by atoms with Crippen molar-refractivity contribution >= 4 is 7.92 Å². The van der Waals surface area contributed by atoms with Crippen molar-refractivity contribution in [3.05, 3.63) is 0 Å². The fourth-order valence-corrected chi connectivity index (χ4v) is 6.88. The lowest BCUT2D eigenvalue weighted by molar-refractivity contribution is 0.600. The molecule has 0 aromatic rings. The summed E-state index contributed by atoms with van der Waals surface area (Å²) in [6.07, 6.45) is 29.5. The van der Waals surface area contributed by atoms with Crippen molar-refractivity contribution in [2.45, 2.75) is 149 Å². The maximum Gasteiger partial charge on any atom is -0.0238 e. The van der Waals surface area contributed by atoms with Crippen LogP contribution in [0.4, 0.5) is 0 Å². The average molecular weight is 385 g/mol. The van der Waals surface area contributed by atoms with Crippen molar-refractivity contribution in [2.24, 2.45) is 0 Å². The molecule has 0 spiro atoms. The maximum absolute atomic E-state index is 2.60. The quantitative estimate of drug-likeness (QED) is 0.136. The fourth-order valence-electron chi connectivity index (χ4n) is 3.97. The first-order chi connectivity index (χ1) is 12.8. The summed E-state index contributed by atoms with van der Waals surface area (Å²) in [5.74, 6) is 0. The largest absolute Gasteiger partial charge is 0.104 e. The molecule has 0 N–H and O–H groups in total. The minimum Gasteiger partial charge on any atom is -0.104 e. The SMILES string of the molecule is CCCCCCCCP(CCCCCCCC)C(C)CCCCCCC. The van der Waals surface area contributed by atoms with Gasteiger partial charge >= 0.3 is 0 Å². The molecule has 1 atom stereocenters. The summed E-state index contributed by atoms with van der Waals surface area (Å²) in [4.78, 5) is 0. The zero-order valence-electron chi connectivity index (χ0n) is 19.2. The van der Waals surface area contributed by atoms with Gasteiger partial charge in [-0.15, -0.1) is 7.92 Å². The highest BCUT2D eigenvalue weighted by Crippen LogP contribution is 2.45. The van der Waals surface area contributed by atoms with E-state index in [4.69, 9.17) is 0 Å². The molecule has 158 valence electrons. The van der Waals surface area contributed by atoms with Gasteiger partial charge in [0, 0.05) is 0 Å². The van der Waals surface area contributed by atoms with Gasteiger partial charge in [0.05, 0.1) is 0 Å². The fraction of sp³-hybridized carbons (Fsp3) is 1.00. The highest BCUT2D eigenvalue weighted by molar-refractivity contribution is 7.58. The van der Waals surface area contributed by atoms with Crippen LogP contribution in [0.3, 0.4) is 0 Å². The van der Waals surface area contributed by atoms with Crippen LogP contribution in [0.5, 0.6) is 0 Å². The summed E-state index contributed by atoms with van der Waals surface area (Å²) < 4.78 is 0. The molecule has 0 rings (SSSR count). The van der Waals surface area contributed by atoms with Gasteiger partial charge in [-0.1, -0.05) is 124 Å². The van der Waals surface area contributed by atoms with Gasteiger partial charge in [0.1, 0.15) is 0 Å². The molecule has 1 heteroatoms. The van der Waals surface area contributed by atoms with Gasteiger partial charge in [-0.3, -0.25) is 0 Å². The van der Waals surface area contributed by atoms with Gasteiger partial charge < -0.3 is 0 Å². The minimum atomic E-state index is 0.305. The zero-order valence-corrected chi connectivity index (χ0v) is 20.1. The summed E-state index contributed by atoms with van der Waals surface area (Å²) >= 11 is 0. The Hall–Kier alpha value is 0.430. The van der Waals surface area contributed by atoms with Crippen molar-refractivity contribution in [2.75, 3.05) is 12.3 Å². The van der Waals surface area contributed by atoms with Gasteiger partial charge in [-0.2, -0.15) is 0 Å². The monoisotopic (exact) mass is 384 g/mol. The molecule has 0 saturated heterocycles. The third kappa shape index (κ3) is 17.8. The topological polar surface area (TPSA) is 0 Å². The van der Waals surface area contributed by atoms with Gasteiger partial charge in [-0.05, 0) is 37.2 Å². The second-order valence-electron chi connectivity index (χ2n) is 8.62. The summed E-state index contributed by atoms with van der Waals surface area (Å²) in [5.41, 5.74) is 1.03. The Bertz CT molecular complexity index is 235. The molecule has 0 heterocycles. The van der Waals surface area contributed by atoms with E-state index in [2.05, 4.69) is 27.7 Å². The van der Waals surface area contributed by atoms with Crippen molar-refractivity contribution in [3.8, 4) is 0 Å². The molecule has 0 aliphatic heterocycles. The molecule has 0 amide bonds. The summed E-state index contributed by atoms with van der Waals surface area (Å²) in [6.45, 7) is 9.56. The Morgan fingerprint density at radius 1 is 0.462 bits per heavy atom. The maximum atomic E-state index is 2.60. The molecule has 0 nitrogen and oxygen atoms in total. The first-order valence-corrected chi connectivity index (χ1v) is 14.3. The molecule has 1 unspecified atom stereocenters. The first-order valence-electron chi connectivity index (χ1n) is 12.5. The lowest BCUT2D eigenvalue weighted by Gasteiger charge is -2.25. The normalized spacial score (nSPS) is 12.8. The number of hydrogen-bond donors (Lipinski definition) is 0. The van der Waals surface area contributed by atoms with E-state index in [1.807, 2.05) is 0 Å². The van der Waals surface area contributed by atoms with Crippen LogP contribution in [-0.4, -0.2) is 18.0 Å². The van der Waals surface area contributed by atoms with E-state index >= 15 is 0 Å². The third-order valence-corrected chi connectivity index (χ3v) is 9.23. The highest BCUT2D eigenvalue weighted by atomic mass is 31.1. The molecule has 0 bridgehead atoms. The van der Waals surface area contributed by atoms with Crippen LogP contribution >= 0.6 is 7.92 Å². The van der Waals surface area contributed by atoms with E-state index in [1.54, 1.807) is 12.3 Å². The van der Waals surface area contributed by atoms with Crippen LogP contribution in [0.2, 0.25) is 0 Å². The third-order valence-electron chi connectivity index (χ3n) is 5.95.